The summed E-state index contributed by atoms with van der Waals surface area (Å²) in [5, 5.41) is 19.7. The molecule has 8 nitrogen and oxygen atoms in total. The van der Waals surface area contributed by atoms with E-state index in [9.17, 15) is 13.6 Å². The number of alkyl halides is 2. The summed E-state index contributed by atoms with van der Waals surface area (Å²) in [6.07, 6.45) is 5.57. The first kappa shape index (κ1) is 24.8. The molecule has 4 aromatic rings. The Morgan fingerprint density at radius 3 is 2.67 bits per heavy atom. The molecule has 184 valence electrons. The van der Waals surface area contributed by atoms with Crippen molar-refractivity contribution in [3.63, 3.8) is 0 Å². The van der Waals surface area contributed by atoms with Crippen LogP contribution in [-0.4, -0.2) is 32.4 Å². The molecule has 0 aliphatic carbocycles. The fourth-order valence-corrected chi connectivity index (χ4v) is 3.66. The maximum atomic E-state index is 12.9. The van der Waals surface area contributed by atoms with Gasteiger partial charge in [-0.2, -0.15) is 19.0 Å². The summed E-state index contributed by atoms with van der Waals surface area (Å²) >= 11 is 6.08. The Bertz CT molecular complexity index is 1510. The zero-order valence-electron chi connectivity index (χ0n) is 19.2. The van der Waals surface area contributed by atoms with Crippen LogP contribution < -0.4 is 15.5 Å². The highest BCUT2D eigenvalue weighted by molar-refractivity contribution is 6.30. The third-order valence-corrected chi connectivity index (χ3v) is 5.32. The van der Waals surface area contributed by atoms with Crippen molar-refractivity contribution < 1.29 is 13.5 Å². The number of methoxy groups -OCH3 is 1. The lowest BCUT2D eigenvalue weighted by molar-refractivity contribution is 0.0566. The Morgan fingerprint density at radius 1 is 1.19 bits per heavy atom. The van der Waals surface area contributed by atoms with Crippen molar-refractivity contribution in [1.82, 2.24) is 19.6 Å². The first-order valence-corrected chi connectivity index (χ1v) is 11.0. The summed E-state index contributed by atoms with van der Waals surface area (Å²) in [6.45, 7) is -1.16. The molecule has 0 saturated heterocycles. The van der Waals surface area contributed by atoms with Gasteiger partial charge in [0.2, 0.25) is 5.43 Å². The van der Waals surface area contributed by atoms with Crippen molar-refractivity contribution in [2.24, 2.45) is 0 Å². The predicted octanol–water partition coefficient (Wildman–Crippen LogP) is 5.65. The lowest BCUT2D eigenvalue weighted by atomic mass is 10.1. The zero-order valence-corrected chi connectivity index (χ0v) is 20.0. The van der Waals surface area contributed by atoms with Crippen LogP contribution >= 0.6 is 11.6 Å². The Morgan fingerprint density at radius 2 is 2.00 bits per heavy atom. The minimum atomic E-state index is -2.74. The fourth-order valence-electron chi connectivity index (χ4n) is 3.47. The molecule has 2 aromatic carbocycles. The first-order chi connectivity index (χ1) is 17.2. The van der Waals surface area contributed by atoms with E-state index >= 15 is 0 Å². The fraction of sp³-hybridized carbons (Fsp3) is 0.120. The van der Waals surface area contributed by atoms with Gasteiger partial charge < -0.3 is 15.5 Å². The molecule has 36 heavy (non-hydrogen) atoms. The van der Waals surface area contributed by atoms with Gasteiger partial charge in [0, 0.05) is 40.4 Å². The Labute approximate surface area is 209 Å². The molecule has 0 saturated carbocycles. The van der Waals surface area contributed by atoms with E-state index in [4.69, 9.17) is 21.7 Å². The van der Waals surface area contributed by atoms with Gasteiger partial charge in [-0.15, -0.1) is 0 Å². The van der Waals surface area contributed by atoms with E-state index in [2.05, 4.69) is 15.5 Å². The smallest absolute Gasteiger partial charge is 0.333 e. The van der Waals surface area contributed by atoms with Gasteiger partial charge in [-0.05, 0) is 48.9 Å². The van der Waals surface area contributed by atoms with Crippen molar-refractivity contribution in [3.8, 4) is 22.6 Å². The number of nitrogens with one attached hydrogen (secondary N) is 2. The Kier molecular flexibility index (Phi) is 7.25. The number of ether oxygens (including phenoxy) is 1. The quantitative estimate of drug-likeness (QED) is 0.299. The van der Waals surface area contributed by atoms with E-state index in [1.54, 1.807) is 49.4 Å². The van der Waals surface area contributed by atoms with Gasteiger partial charge >= 0.3 is 6.55 Å². The molecule has 0 bridgehead atoms. The van der Waals surface area contributed by atoms with Crippen molar-refractivity contribution in [2.45, 2.75) is 13.5 Å². The molecular formula is C25H21ClF2N6O2. The van der Waals surface area contributed by atoms with Crippen LogP contribution in [0.1, 0.15) is 19.2 Å². The summed E-state index contributed by atoms with van der Waals surface area (Å²) in [7, 11) is 1.47. The van der Waals surface area contributed by atoms with Crippen LogP contribution in [0.2, 0.25) is 5.02 Å². The molecule has 0 fully saturated rings. The normalized spacial score (nSPS) is 11.6. The van der Waals surface area contributed by atoms with Crippen LogP contribution in [0.25, 0.3) is 22.5 Å². The van der Waals surface area contributed by atoms with E-state index in [-0.39, 0.29) is 16.8 Å². The standard InChI is InChI=1S/C25H21ClF2N6O2/c1-15(29)10-20(31-19-5-3-4-18(26)12-19)24-22(35)8-9-33(32-24)21-7-6-16(11-23(21)36-2)17-13-30-34(14-17)25(27)28/h3-14,25,29,31H,1-2H3/b20-10-,29-15?. The second-order valence-corrected chi connectivity index (χ2v) is 8.16. The molecule has 0 aliphatic rings. The van der Waals surface area contributed by atoms with Gasteiger partial charge in [-0.1, -0.05) is 23.7 Å². The van der Waals surface area contributed by atoms with Gasteiger partial charge in [0.15, 0.2) is 5.69 Å². The average molecular weight is 511 g/mol. The van der Waals surface area contributed by atoms with Gasteiger partial charge in [-0.3, -0.25) is 4.79 Å². The number of nitrogens with zero attached hydrogens (tertiary/aromatic N) is 4. The highest BCUT2D eigenvalue weighted by Crippen LogP contribution is 2.30. The number of benzene rings is 2. The van der Waals surface area contributed by atoms with Crippen LogP contribution in [0.15, 0.2) is 78.0 Å². The van der Waals surface area contributed by atoms with Gasteiger partial charge in [0.05, 0.1) is 19.0 Å². The predicted molar refractivity (Wildman–Crippen MR) is 135 cm³/mol. The number of hydrogen-bond donors (Lipinski definition) is 2. The molecule has 4 rings (SSSR count). The average Bonchev–Trinajstić information content (AvgIpc) is 3.34. The molecule has 0 unspecified atom stereocenters. The largest absolute Gasteiger partial charge is 0.494 e. The molecular weight excluding hydrogens is 490 g/mol. The maximum Gasteiger partial charge on any atom is 0.333 e. The van der Waals surface area contributed by atoms with Gasteiger partial charge in [-0.25, -0.2) is 9.36 Å². The van der Waals surface area contributed by atoms with E-state index in [0.29, 0.717) is 43.7 Å². The van der Waals surface area contributed by atoms with E-state index < -0.39 is 6.55 Å². The molecule has 2 aromatic heterocycles. The number of halogens is 3. The summed E-state index contributed by atoms with van der Waals surface area (Å²) in [5.74, 6) is 0.399. The van der Waals surface area contributed by atoms with Gasteiger partial charge in [0.25, 0.3) is 0 Å². The van der Waals surface area contributed by atoms with Crippen molar-refractivity contribution in [3.05, 3.63) is 94.1 Å². The number of allylic oxidation sites excluding steroid dienone is 1. The van der Waals surface area contributed by atoms with Crippen molar-refractivity contribution >= 4 is 28.7 Å². The summed E-state index contributed by atoms with van der Waals surface area (Å²) in [4.78, 5) is 12.8. The van der Waals surface area contributed by atoms with Crippen LogP contribution in [0.5, 0.6) is 5.75 Å². The topological polar surface area (TPSA) is 97.8 Å². The third-order valence-electron chi connectivity index (χ3n) is 5.09. The molecule has 2 N–H and O–H groups in total. The second-order valence-electron chi connectivity index (χ2n) is 7.72. The lowest BCUT2D eigenvalue weighted by Gasteiger charge is -2.15. The third kappa shape index (κ3) is 5.49. The van der Waals surface area contributed by atoms with E-state index in [1.165, 1.54) is 42.5 Å². The van der Waals surface area contributed by atoms with Crippen LogP contribution in [0, 0.1) is 5.41 Å². The Balaban J connectivity index is 1.75. The minimum absolute atomic E-state index is 0.0772. The van der Waals surface area contributed by atoms with Crippen molar-refractivity contribution in [2.75, 3.05) is 12.4 Å². The summed E-state index contributed by atoms with van der Waals surface area (Å²) in [6, 6.07) is 13.4. The molecule has 0 radical (unpaired) electrons. The zero-order chi connectivity index (χ0) is 25.8. The van der Waals surface area contributed by atoms with E-state index in [1.807, 2.05) is 0 Å². The van der Waals surface area contributed by atoms with Crippen LogP contribution in [0.4, 0.5) is 14.5 Å². The highest BCUT2D eigenvalue weighted by Gasteiger charge is 2.15. The van der Waals surface area contributed by atoms with E-state index in [0.717, 1.165) is 0 Å². The number of aromatic nitrogens is 4. The number of rotatable bonds is 8. The highest BCUT2D eigenvalue weighted by atomic mass is 35.5. The summed E-state index contributed by atoms with van der Waals surface area (Å²) in [5.41, 5.74) is 2.49. The summed E-state index contributed by atoms with van der Waals surface area (Å²) < 4.78 is 33.4. The van der Waals surface area contributed by atoms with Crippen molar-refractivity contribution in [1.29, 1.82) is 5.41 Å². The second kappa shape index (κ2) is 10.5. The molecule has 2 heterocycles. The number of anilines is 1. The molecule has 0 aliphatic heterocycles. The first-order valence-electron chi connectivity index (χ1n) is 10.7. The molecule has 0 spiro atoms. The minimum Gasteiger partial charge on any atom is -0.494 e. The van der Waals surface area contributed by atoms with Crippen LogP contribution in [0.3, 0.4) is 0 Å². The monoisotopic (exact) mass is 510 g/mol. The SMILES string of the molecule is COc1cc(-c2cnn(C(F)F)c2)ccc1-n1ccc(=O)c(/C(=C/C(C)=N)Nc2cccc(Cl)c2)n1. The maximum absolute atomic E-state index is 12.9. The van der Waals surface area contributed by atoms with Gasteiger partial charge in [0.1, 0.15) is 11.4 Å². The Hall–Kier alpha value is -4.31. The molecule has 0 amide bonds. The molecule has 0 atom stereocenters. The lowest BCUT2D eigenvalue weighted by Crippen LogP contribution is -2.19. The van der Waals surface area contributed by atoms with Crippen LogP contribution in [-0.2, 0) is 0 Å². The molecule has 11 heteroatoms. The number of hydrogen-bond acceptors (Lipinski definition) is 6.